The molecule has 1 atom stereocenters. The Morgan fingerprint density at radius 1 is 1.88 bits per heavy atom. The molecular formula is C8H12. The summed E-state index contributed by atoms with van der Waals surface area (Å²) in [5, 5.41) is 0. The molecule has 1 fully saturated rings. The summed E-state index contributed by atoms with van der Waals surface area (Å²) in [6, 6.07) is 0. The summed E-state index contributed by atoms with van der Waals surface area (Å²) < 4.78 is 0. The second-order valence-electron chi connectivity index (χ2n) is 2.23. The number of rotatable bonds is 2. The third kappa shape index (κ3) is 1.00. The van der Waals surface area contributed by atoms with Crippen molar-refractivity contribution in [2.24, 2.45) is 5.92 Å². The zero-order valence-electron chi connectivity index (χ0n) is 5.35. The van der Waals surface area contributed by atoms with Crippen LogP contribution in [0.2, 0.25) is 0 Å². The van der Waals surface area contributed by atoms with Crippen LogP contribution in [0.1, 0.15) is 19.8 Å². The number of allylic oxidation sites excluding steroid dienone is 3. The maximum absolute atomic E-state index is 3.71. The summed E-state index contributed by atoms with van der Waals surface area (Å²) in [4.78, 5) is 0. The van der Waals surface area contributed by atoms with Crippen LogP contribution in [0, 0.1) is 5.92 Å². The van der Waals surface area contributed by atoms with Crippen molar-refractivity contribution in [1.82, 2.24) is 0 Å². The van der Waals surface area contributed by atoms with E-state index in [9.17, 15) is 0 Å². The van der Waals surface area contributed by atoms with Crippen molar-refractivity contribution in [3.63, 3.8) is 0 Å². The van der Waals surface area contributed by atoms with Gasteiger partial charge in [-0.05, 0) is 12.8 Å². The van der Waals surface area contributed by atoms with Gasteiger partial charge < -0.3 is 0 Å². The first kappa shape index (κ1) is 5.61. The minimum Gasteiger partial charge on any atom is -0.102 e. The molecule has 0 bridgehead atoms. The van der Waals surface area contributed by atoms with Crippen LogP contribution < -0.4 is 0 Å². The zero-order chi connectivity index (χ0) is 5.98. The molecule has 0 heterocycles. The van der Waals surface area contributed by atoms with Crippen molar-refractivity contribution in [1.29, 1.82) is 0 Å². The largest absolute Gasteiger partial charge is 0.102 e. The summed E-state index contributed by atoms with van der Waals surface area (Å²) in [7, 11) is 0. The first-order chi connectivity index (χ1) is 3.88. The Labute approximate surface area is 50.9 Å². The van der Waals surface area contributed by atoms with E-state index in [4.69, 9.17) is 0 Å². The number of hydrogen-bond donors (Lipinski definition) is 0. The van der Waals surface area contributed by atoms with Crippen LogP contribution in [-0.2, 0) is 0 Å². The molecule has 0 aromatic heterocycles. The van der Waals surface area contributed by atoms with Crippen LogP contribution in [0.5, 0.6) is 0 Å². The fourth-order valence-corrected chi connectivity index (χ4v) is 0.927. The van der Waals surface area contributed by atoms with E-state index in [1.165, 1.54) is 12.8 Å². The van der Waals surface area contributed by atoms with Gasteiger partial charge in [-0.2, -0.15) is 0 Å². The Balaban J connectivity index is 2.35. The highest BCUT2D eigenvalue weighted by Crippen LogP contribution is 2.38. The van der Waals surface area contributed by atoms with Gasteiger partial charge in [-0.25, -0.2) is 0 Å². The van der Waals surface area contributed by atoms with Crippen LogP contribution in [0.15, 0.2) is 24.3 Å². The van der Waals surface area contributed by atoms with Crippen molar-refractivity contribution in [3.05, 3.63) is 24.3 Å². The Hall–Kier alpha value is -0.520. The van der Waals surface area contributed by atoms with E-state index in [1.807, 2.05) is 6.08 Å². The van der Waals surface area contributed by atoms with Crippen LogP contribution in [0.25, 0.3) is 0 Å². The first-order valence-corrected chi connectivity index (χ1v) is 3.20. The maximum Gasteiger partial charge on any atom is 0.00118 e. The van der Waals surface area contributed by atoms with E-state index in [-0.39, 0.29) is 0 Å². The molecule has 0 nitrogen and oxygen atoms in total. The molecule has 8 heavy (non-hydrogen) atoms. The topological polar surface area (TPSA) is 0 Å². The zero-order valence-corrected chi connectivity index (χ0v) is 5.35. The Kier molecular flexibility index (Phi) is 1.52. The SMILES string of the molecule is C=CC1CC1=CCC. The number of hydrogen-bond acceptors (Lipinski definition) is 0. The normalized spacial score (nSPS) is 30.6. The maximum atomic E-state index is 3.71. The average molecular weight is 108 g/mol. The van der Waals surface area contributed by atoms with Crippen LogP contribution >= 0.6 is 0 Å². The fourth-order valence-electron chi connectivity index (χ4n) is 0.927. The van der Waals surface area contributed by atoms with E-state index < -0.39 is 0 Å². The van der Waals surface area contributed by atoms with Gasteiger partial charge in [0.05, 0.1) is 0 Å². The summed E-state index contributed by atoms with van der Waals surface area (Å²) in [5.41, 5.74) is 1.59. The van der Waals surface area contributed by atoms with Gasteiger partial charge in [0, 0.05) is 5.92 Å². The smallest absolute Gasteiger partial charge is 0.00118 e. The molecule has 0 heteroatoms. The standard InChI is InChI=1S/C8H12/c1-3-5-8-6-7(8)4-2/h4-5,7H,2-3,6H2,1H3. The van der Waals surface area contributed by atoms with E-state index in [0.29, 0.717) is 0 Å². The second-order valence-corrected chi connectivity index (χ2v) is 2.23. The Morgan fingerprint density at radius 3 is 3.00 bits per heavy atom. The molecule has 1 rings (SSSR count). The van der Waals surface area contributed by atoms with Crippen molar-refractivity contribution >= 4 is 0 Å². The van der Waals surface area contributed by atoms with Crippen molar-refractivity contribution in [2.45, 2.75) is 19.8 Å². The molecule has 0 radical (unpaired) electrons. The molecule has 0 spiro atoms. The van der Waals surface area contributed by atoms with Crippen molar-refractivity contribution in [2.75, 3.05) is 0 Å². The van der Waals surface area contributed by atoms with Gasteiger partial charge in [-0.1, -0.05) is 24.6 Å². The average Bonchev–Trinajstić information content (AvgIpc) is 2.48. The molecule has 0 aromatic carbocycles. The van der Waals surface area contributed by atoms with Crippen LogP contribution in [-0.4, -0.2) is 0 Å². The summed E-state index contributed by atoms with van der Waals surface area (Å²) >= 11 is 0. The molecule has 0 amide bonds. The Bertz CT molecular complexity index is 120. The van der Waals surface area contributed by atoms with Crippen molar-refractivity contribution in [3.8, 4) is 0 Å². The predicted octanol–water partition coefficient (Wildman–Crippen LogP) is 2.53. The lowest BCUT2D eigenvalue weighted by Crippen LogP contribution is -1.58. The minimum absolute atomic E-state index is 0.745. The molecule has 0 aromatic rings. The van der Waals surface area contributed by atoms with Gasteiger partial charge in [-0.3, -0.25) is 0 Å². The third-order valence-corrected chi connectivity index (χ3v) is 1.52. The highest BCUT2D eigenvalue weighted by atomic mass is 14.3. The molecule has 0 N–H and O–H groups in total. The lowest BCUT2D eigenvalue weighted by atomic mass is 10.3. The Morgan fingerprint density at radius 2 is 2.62 bits per heavy atom. The molecule has 1 aliphatic rings. The minimum atomic E-state index is 0.745. The molecule has 1 aliphatic carbocycles. The molecule has 0 aliphatic heterocycles. The van der Waals surface area contributed by atoms with Gasteiger partial charge in [0.25, 0.3) is 0 Å². The predicted molar refractivity (Wildman–Crippen MR) is 36.7 cm³/mol. The quantitative estimate of drug-likeness (QED) is 0.477. The molecule has 1 unspecified atom stereocenters. The van der Waals surface area contributed by atoms with Gasteiger partial charge in [0.15, 0.2) is 0 Å². The molecule has 1 saturated carbocycles. The molecule has 44 valence electrons. The van der Waals surface area contributed by atoms with E-state index in [2.05, 4.69) is 19.6 Å². The summed E-state index contributed by atoms with van der Waals surface area (Å²) in [5.74, 6) is 0.745. The van der Waals surface area contributed by atoms with Crippen LogP contribution in [0.4, 0.5) is 0 Å². The van der Waals surface area contributed by atoms with Gasteiger partial charge in [0.1, 0.15) is 0 Å². The third-order valence-electron chi connectivity index (χ3n) is 1.52. The fraction of sp³-hybridized carbons (Fsp3) is 0.500. The lowest BCUT2D eigenvalue weighted by Gasteiger charge is -1.74. The summed E-state index contributed by atoms with van der Waals surface area (Å²) in [6.45, 7) is 5.89. The second kappa shape index (κ2) is 2.17. The molecular weight excluding hydrogens is 96.1 g/mol. The van der Waals surface area contributed by atoms with Gasteiger partial charge >= 0.3 is 0 Å². The van der Waals surface area contributed by atoms with E-state index >= 15 is 0 Å². The van der Waals surface area contributed by atoms with Gasteiger partial charge in [0.2, 0.25) is 0 Å². The summed E-state index contributed by atoms with van der Waals surface area (Å²) in [6.07, 6.45) is 6.78. The highest BCUT2D eigenvalue weighted by Gasteiger charge is 2.24. The lowest BCUT2D eigenvalue weighted by molar-refractivity contribution is 1.15. The first-order valence-electron chi connectivity index (χ1n) is 3.20. The van der Waals surface area contributed by atoms with Gasteiger partial charge in [-0.15, -0.1) is 6.58 Å². The van der Waals surface area contributed by atoms with E-state index in [0.717, 1.165) is 5.92 Å². The van der Waals surface area contributed by atoms with E-state index in [1.54, 1.807) is 5.57 Å². The van der Waals surface area contributed by atoms with Crippen molar-refractivity contribution < 1.29 is 0 Å². The molecule has 0 saturated heterocycles. The highest BCUT2D eigenvalue weighted by molar-refractivity contribution is 5.28. The van der Waals surface area contributed by atoms with Crippen LogP contribution in [0.3, 0.4) is 0 Å². The monoisotopic (exact) mass is 108 g/mol.